The normalized spacial score (nSPS) is 15.8. The van der Waals surface area contributed by atoms with Crippen LogP contribution >= 0.6 is 0 Å². The van der Waals surface area contributed by atoms with Gasteiger partial charge in [-0.1, -0.05) is 42.6 Å². The summed E-state index contributed by atoms with van der Waals surface area (Å²) in [7, 11) is 0. The van der Waals surface area contributed by atoms with E-state index >= 15 is 0 Å². The molecular formula is C23H29N5O2. The molecule has 30 heavy (non-hydrogen) atoms. The number of hydrogen-bond donors (Lipinski definition) is 1. The van der Waals surface area contributed by atoms with E-state index in [1.165, 1.54) is 6.42 Å². The summed E-state index contributed by atoms with van der Waals surface area (Å²) in [5, 5.41) is 12.1. The summed E-state index contributed by atoms with van der Waals surface area (Å²) in [5.74, 6) is 1.16. The second-order valence-electron chi connectivity index (χ2n) is 8.22. The largest absolute Gasteiger partial charge is 0.343 e. The maximum absolute atomic E-state index is 12.9. The Bertz CT molecular complexity index is 1020. The van der Waals surface area contributed by atoms with Gasteiger partial charge >= 0.3 is 0 Å². The van der Waals surface area contributed by atoms with E-state index in [1.54, 1.807) is 6.92 Å². The number of para-hydroxylation sites is 1. The lowest BCUT2D eigenvalue weighted by molar-refractivity contribution is -0.123. The van der Waals surface area contributed by atoms with E-state index < -0.39 is 5.54 Å². The molecule has 0 atom stereocenters. The van der Waals surface area contributed by atoms with Gasteiger partial charge in [-0.2, -0.15) is 10.1 Å². The van der Waals surface area contributed by atoms with Crippen LogP contribution < -0.4 is 5.32 Å². The average molecular weight is 408 g/mol. The van der Waals surface area contributed by atoms with Crippen LogP contribution in [0.1, 0.15) is 67.2 Å². The van der Waals surface area contributed by atoms with Gasteiger partial charge in [-0.25, -0.2) is 4.68 Å². The molecule has 1 aliphatic rings. The highest BCUT2D eigenvalue weighted by Gasteiger charge is 2.39. The summed E-state index contributed by atoms with van der Waals surface area (Å²) in [6.07, 6.45) is 6.03. The zero-order valence-electron chi connectivity index (χ0n) is 17.9. The van der Waals surface area contributed by atoms with Gasteiger partial charge in [0.05, 0.1) is 11.4 Å². The molecule has 1 amide bonds. The predicted molar refractivity (Wildman–Crippen MR) is 113 cm³/mol. The molecule has 0 radical (unpaired) electrons. The number of aromatic nitrogens is 4. The van der Waals surface area contributed by atoms with Gasteiger partial charge in [0.25, 0.3) is 0 Å². The van der Waals surface area contributed by atoms with E-state index in [0.29, 0.717) is 24.6 Å². The summed E-state index contributed by atoms with van der Waals surface area (Å²) in [6, 6.07) is 10.1. The maximum atomic E-state index is 12.9. The summed E-state index contributed by atoms with van der Waals surface area (Å²) in [5.41, 5.74) is 3.69. The molecule has 1 aliphatic carbocycles. The van der Waals surface area contributed by atoms with Crippen LogP contribution in [0.4, 0.5) is 0 Å². The molecule has 3 aromatic rings. The van der Waals surface area contributed by atoms with E-state index in [2.05, 4.69) is 22.4 Å². The molecule has 0 spiro atoms. The van der Waals surface area contributed by atoms with Crippen molar-refractivity contribution < 1.29 is 9.32 Å². The highest BCUT2D eigenvalue weighted by Crippen LogP contribution is 2.35. The fourth-order valence-corrected chi connectivity index (χ4v) is 4.48. The Balaban J connectivity index is 1.47. The summed E-state index contributed by atoms with van der Waals surface area (Å²) in [4.78, 5) is 17.4. The van der Waals surface area contributed by atoms with Gasteiger partial charge < -0.3 is 9.84 Å². The molecule has 7 nitrogen and oxygen atoms in total. The van der Waals surface area contributed by atoms with Crippen molar-refractivity contribution >= 4 is 5.91 Å². The number of carbonyl (C=O) groups excluding carboxylic acids is 1. The second-order valence-corrected chi connectivity index (χ2v) is 8.22. The van der Waals surface area contributed by atoms with Crippen LogP contribution in [0, 0.1) is 20.8 Å². The van der Waals surface area contributed by atoms with Crippen molar-refractivity contribution in [3.8, 4) is 5.69 Å². The van der Waals surface area contributed by atoms with Crippen molar-refractivity contribution in [3.05, 3.63) is 59.0 Å². The minimum Gasteiger partial charge on any atom is -0.343 e. The number of carbonyl (C=O) groups is 1. The first kappa shape index (κ1) is 20.3. The van der Waals surface area contributed by atoms with Crippen molar-refractivity contribution in [1.82, 2.24) is 25.2 Å². The van der Waals surface area contributed by atoms with Gasteiger partial charge in [0, 0.05) is 19.0 Å². The third kappa shape index (κ3) is 4.01. The lowest BCUT2D eigenvalue weighted by atomic mass is 9.80. The van der Waals surface area contributed by atoms with Gasteiger partial charge in [-0.15, -0.1) is 0 Å². The molecule has 0 bridgehead atoms. The molecule has 1 saturated carbocycles. The van der Waals surface area contributed by atoms with Crippen LogP contribution in [0.2, 0.25) is 0 Å². The standard InChI is InChI=1S/C23H29N5O2/c1-16-20(17(2)28(26-16)19-10-6-4-7-11-19)12-13-21(29)25-23(14-8-5-9-15-23)22-24-18(3)30-27-22/h4,6-7,10-11H,5,8-9,12-15H2,1-3H3,(H,25,29). The molecule has 0 unspecified atom stereocenters. The number of amides is 1. The number of aryl methyl sites for hydroxylation is 2. The fraction of sp³-hybridized carbons (Fsp3) is 0.478. The highest BCUT2D eigenvalue weighted by atomic mass is 16.5. The van der Waals surface area contributed by atoms with E-state index in [9.17, 15) is 4.79 Å². The van der Waals surface area contributed by atoms with E-state index in [0.717, 1.165) is 48.3 Å². The van der Waals surface area contributed by atoms with Gasteiger partial charge in [-0.3, -0.25) is 4.79 Å². The Labute approximate surface area is 176 Å². The van der Waals surface area contributed by atoms with Gasteiger partial charge in [0.15, 0.2) is 5.82 Å². The molecule has 0 saturated heterocycles. The summed E-state index contributed by atoms with van der Waals surface area (Å²) >= 11 is 0. The molecule has 4 rings (SSSR count). The minimum atomic E-state index is -0.509. The summed E-state index contributed by atoms with van der Waals surface area (Å²) < 4.78 is 7.16. The van der Waals surface area contributed by atoms with Crippen LogP contribution in [0.3, 0.4) is 0 Å². The number of benzene rings is 1. The zero-order valence-corrected chi connectivity index (χ0v) is 17.9. The average Bonchev–Trinajstić information content (AvgIpc) is 3.31. The first-order chi connectivity index (χ1) is 14.5. The number of nitrogens with zero attached hydrogens (tertiary/aromatic N) is 4. The van der Waals surface area contributed by atoms with Crippen LogP contribution in [-0.4, -0.2) is 25.8 Å². The SMILES string of the molecule is Cc1nc(C2(NC(=O)CCc3c(C)nn(-c4ccccc4)c3C)CCCCC2)no1. The molecule has 2 heterocycles. The van der Waals surface area contributed by atoms with E-state index in [-0.39, 0.29) is 5.91 Å². The van der Waals surface area contributed by atoms with E-state index in [1.807, 2.05) is 41.9 Å². The molecule has 1 aromatic carbocycles. The predicted octanol–water partition coefficient (Wildman–Crippen LogP) is 4.09. The van der Waals surface area contributed by atoms with Crippen molar-refractivity contribution in [3.63, 3.8) is 0 Å². The number of hydrogen-bond acceptors (Lipinski definition) is 5. The van der Waals surface area contributed by atoms with Crippen molar-refractivity contribution in [1.29, 1.82) is 0 Å². The van der Waals surface area contributed by atoms with Crippen LogP contribution in [0.25, 0.3) is 5.69 Å². The lowest BCUT2D eigenvalue weighted by Gasteiger charge is -2.35. The van der Waals surface area contributed by atoms with Crippen molar-refractivity contribution in [2.45, 2.75) is 71.3 Å². The molecule has 0 aliphatic heterocycles. The van der Waals surface area contributed by atoms with Gasteiger partial charge in [-0.05, 0) is 50.8 Å². The fourth-order valence-electron chi connectivity index (χ4n) is 4.48. The smallest absolute Gasteiger partial charge is 0.223 e. The Morgan fingerprint density at radius 2 is 1.87 bits per heavy atom. The van der Waals surface area contributed by atoms with Crippen LogP contribution in [0.5, 0.6) is 0 Å². The minimum absolute atomic E-state index is 0.0191. The topological polar surface area (TPSA) is 85.8 Å². The number of rotatable bonds is 6. The molecular weight excluding hydrogens is 378 g/mol. The first-order valence-electron chi connectivity index (χ1n) is 10.7. The molecule has 158 valence electrons. The Morgan fingerprint density at radius 3 is 2.53 bits per heavy atom. The molecule has 1 fully saturated rings. The van der Waals surface area contributed by atoms with Gasteiger partial charge in [0.1, 0.15) is 5.54 Å². The maximum Gasteiger partial charge on any atom is 0.223 e. The summed E-state index contributed by atoms with van der Waals surface area (Å²) in [6.45, 7) is 5.85. The quantitative estimate of drug-likeness (QED) is 0.665. The molecule has 7 heteroatoms. The van der Waals surface area contributed by atoms with Crippen molar-refractivity contribution in [2.75, 3.05) is 0 Å². The van der Waals surface area contributed by atoms with Crippen LogP contribution in [0.15, 0.2) is 34.9 Å². The third-order valence-corrected chi connectivity index (χ3v) is 6.09. The van der Waals surface area contributed by atoms with Crippen molar-refractivity contribution in [2.24, 2.45) is 0 Å². The highest BCUT2D eigenvalue weighted by molar-refractivity contribution is 5.77. The Kier molecular flexibility index (Phi) is 5.70. The Hall–Kier alpha value is -2.96. The molecule has 2 aromatic heterocycles. The van der Waals surface area contributed by atoms with Crippen LogP contribution in [-0.2, 0) is 16.8 Å². The lowest BCUT2D eigenvalue weighted by Crippen LogP contribution is -2.48. The second kappa shape index (κ2) is 8.42. The third-order valence-electron chi connectivity index (χ3n) is 6.09. The Morgan fingerprint density at radius 1 is 1.13 bits per heavy atom. The monoisotopic (exact) mass is 407 g/mol. The number of nitrogens with one attached hydrogen (secondary N) is 1. The molecule has 1 N–H and O–H groups in total. The van der Waals surface area contributed by atoms with E-state index in [4.69, 9.17) is 9.62 Å². The zero-order chi connectivity index (χ0) is 21.1. The first-order valence-corrected chi connectivity index (χ1v) is 10.7. The van der Waals surface area contributed by atoms with Gasteiger partial charge in [0.2, 0.25) is 11.8 Å².